The van der Waals surface area contributed by atoms with E-state index < -0.39 is 11.0 Å². The van der Waals surface area contributed by atoms with Crippen LogP contribution in [0.4, 0.5) is 0 Å². The number of nitrogens with one attached hydrogen (secondary N) is 1. The molecule has 0 spiro atoms. The van der Waals surface area contributed by atoms with Crippen molar-refractivity contribution in [2.24, 2.45) is 5.73 Å². The summed E-state index contributed by atoms with van der Waals surface area (Å²) in [6.07, 6.45) is 1.27. The van der Waals surface area contributed by atoms with Crippen molar-refractivity contribution in [3.63, 3.8) is 0 Å². The minimum absolute atomic E-state index is 0. The van der Waals surface area contributed by atoms with E-state index in [0.29, 0.717) is 37.6 Å². The third kappa shape index (κ3) is 4.35. The van der Waals surface area contributed by atoms with Crippen LogP contribution in [0.15, 0.2) is 24.3 Å². The van der Waals surface area contributed by atoms with Gasteiger partial charge in [0.05, 0.1) is 5.41 Å². The molecular formula is C16H24Cl2N2O2. The fourth-order valence-electron chi connectivity index (χ4n) is 2.67. The number of nitrogens with two attached hydrogens (primary N) is 1. The maximum atomic E-state index is 12.8. The first-order chi connectivity index (χ1) is 9.85. The summed E-state index contributed by atoms with van der Waals surface area (Å²) in [4.78, 5) is 12.8. The number of amides is 1. The van der Waals surface area contributed by atoms with Crippen molar-refractivity contribution < 1.29 is 9.53 Å². The smallest absolute Gasteiger partial charge is 0.230 e. The van der Waals surface area contributed by atoms with Crippen LogP contribution in [-0.2, 0) is 14.9 Å². The third-order valence-corrected chi connectivity index (χ3v) is 4.20. The Morgan fingerprint density at radius 1 is 1.36 bits per heavy atom. The number of rotatable bonds is 4. The highest BCUT2D eigenvalue weighted by Gasteiger charge is 2.43. The van der Waals surface area contributed by atoms with Crippen LogP contribution in [0.3, 0.4) is 0 Å². The molecule has 1 aliphatic rings. The molecular weight excluding hydrogens is 323 g/mol. The van der Waals surface area contributed by atoms with Gasteiger partial charge in [-0.2, -0.15) is 0 Å². The van der Waals surface area contributed by atoms with Crippen LogP contribution in [0.1, 0.15) is 32.3 Å². The molecule has 3 N–H and O–H groups in total. The lowest BCUT2D eigenvalue weighted by molar-refractivity contribution is -0.130. The van der Waals surface area contributed by atoms with E-state index in [4.69, 9.17) is 22.1 Å². The Morgan fingerprint density at radius 3 is 2.50 bits per heavy atom. The molecule has 0 atom stereocenters. The van der Waals surface area contributed by atoms with Gasteiger partial charge in [-0.3, -0.25) is 4.79 Å². The summed E-state index contributed by atoms with van der Waals surface area (Å²) < 4.78 is 5.43. The maximum absolute atomic E-state index is 12.8. The highest BCUT2D eigenvalue weighted by atomic mass is 35.5. The second-order valence-electron chi connectivity index (χ2n) is 6.35. The molecule has 1 aromatic rings. The second kappa shape index (κ2) is 7.64. The highest BCUT2D eigenvalue weighted by Crippen LogP contribution is 2.38. The Hall–Kier alpha value is -0.810. The number of hydrogen-bond acceptors (Lipinski definition) is 3. The molecule has 1 aliphatic heterocycles. The van der Waals surface area contributed by atoms with Gasteiger partial charge in [-0.05, 0) is 38.3 Å². The zero-order valence-electron chi connectivity index (χ0n) is 13.0. The van der Waals surface area contributed by atoms with Gasteiger partial charge in [0.25, 0.3) is 0 Å². The number of ether oxygens (including phenoxy) is 1. The number of hydrogen-bond donors (Lipinski definition) is 2. The van der Waals surface area contributed by atoms with E-state index in [1.807, 2.05) is 38.1 Å². The molecule has 22 heavy (non-hydrogen) atoms. The predicted octanol–water partition coefficient (Wildman–Crippen LogP) is 2.66. The first-order valence-electron chi connectivity index (χ1n) is 7.25. The molecule has 0 aliphatic carbocycles. The minimum atomic E-state index is -0.623. The van der Waals surface area contributed by atoms with Crippen LogP contribution >= 0.6 is 24.0 Å². The topological polar surface area (TPSA) is 64.3 Å². The minimum Gasteiger partial charge on any atom is -0.381 e. The monoisotopic (exact) mass is 346 g/mol. The molecule has 6 heteroatoms. The van der Waals surface area contributed by atoms with Crippen molar-refractivity contribution >= 4 is 29.9 Å². The summed E-state index contributed by atoms with van der Waals surface area (Å²) in [6, 6.07) is 7.55. The van der Waals surface area contributed by atoms with Crippen LogP contribution in [0, 0.1) is 0 Å². The summed E-state index contributed by atoms with van der Waals surface area (Å²) in [5, 5.41) is 3.61. The first-order valence-corrected chi connectivity index (χ1v) is 7.63. The van der Waals surface area contributed by atoms with Crippen molar-refractivity contribution in [2.45, 2.75) is 37.6 Å². The van der Waals surface area contributed by atoms with Crippen LogP contribution in [0.2, 0.25) is 5.02 Å². The van der Waals surface area contributed by atoms with E-state index in [-0.39, 0.29) is 18.3 Å². The largest absolute Gasteiger partial charge is 0.381 e. The Bertz CT molecular complexity index is 509. The molecule has 124 valence electrons. The molecule has 0 saturated carbocycles. The summed E-state index contributed by atoms with van der Waals surface area (Å²) >= 11 is 6.34. The molecule has 1 amide bonds. The van der Waals surface area contributed by atoms with Gasteiger partial charge >= 0.3 is 0 Å². The molecule has 0 bridgehead atoms. The Labute approximate surface area is 143 Å². The molecule has 2 rings (SSSR count). The number of carbonyl (C=O) groups is 1. The normalized spacial score (nSPS) is 17.5. The van der Waals surface area contributed by atoms with Crippen molar-refractivity contribution in [1.82, 2.24) is 5.32 Å². The molecule has 1 fully saturated rings. The standard InChI is InChI=1S/C16H23ClN2O2.ClH/c1-15(2,18)11-19-14(20)16(7-9-21-10-8-16)12-5-3-4-6-13(12)17;/h3-6H,7-11,18H2,1-2H3,(H,19,20);1H. The average molecular weight is 347 g/mol. The lowest BCUT2D eigenvalue weighted by atomic mass is 9.73. The third-order valence-electron chi connectivity index (χ3n) is 3.87. The van der Waals surface area contributed by atoms with Crippen molar-refractivity contribution in [3.05, 3.63) is 34.9 Å². The quantitative estimate of drug-likeness (QED) is 0.880. The predicted molar refractivity (Wildman–Crippen MR) is 91.7 cm³/mol. The summed E-state index contributed by atoms with van der Waals surface area (Å²) in [6.45, 7) is 5.33. The molecule has 1 saturated heterocycles. The fraction of sp³-hybridized carbons (Fsp3) is 0.562. The van der Waals surface area contributed by atoms with Gasteiger partial charge in [-0.1, -0.05) is 29.8 Å². The number of benzene rings is 1. The van der Waals surface area contributed by atoms with E-state index >= 15 is 0 Å². The van der Waals surface area contributed by atoms with E-state index in [1.54, 1.807) is 0 Å². The van der Waals surface area contributed by atoms with Gasteiger partial charge < -0.3 is 15.8 Å². The zero-order valence-corrected chi connectivity index (χ0v) is 14.6. The van der Waals surface area contributed by atoms with E-state index in [1.165, 1.54) is 0 Å². The maximum Gasteiger partial charge on any atom is 0.230 e. The Morgan fingerprint density at radius 2 is 1.95 bits per heavy atom. The zero-order chi connectivity index (χ0) is 15.5. The SMILES string of the molecule is CC(C)(N)CNC(=O)C1(c2ccccc2Cl)CCOCC1.Cl. The highest BCUT2D eigenvalue weighted by molar-refractivity contribution is 6.31. The Kier molecular flexibility index (Phi) is 6.68. The Balaban J connectivity index is 0.00000242. The van der Waals surface area contributed by atoms with E-state index in [2.05, 4.69) is 5.32 Å². The number of carbonyl (C=O) groups excluding carboxylic acids is 1. The molecule has 0 aromatic heterocycles. The van der Waals surface area contributed by atoms with Crippen molar-refractivity contribution in [2.75, 3.05) is 19.8 Å². The second-order valence-corrected chi connectivity index (χ2v) is 6.75. The first kappa shape index (κ1) is 19.2. The van der Waals surface area contributed by atoms with Crippen molar-refractivity contribution in [1.29, 1.82) is 0 Å². The van der Waals surface area contributed by atoms with E-state index in [9.17, 15) is 4.79 Å². The van der Waals surface area contributed by atoms with Gasteiger partial charge in [-0.15, -0.1) is 12.4 Å². The van der Waals surface area contributed by atoms with Crippen molar-refractivity contribution in [3.8, 4) is 0 Å². The molecule has 4 nitrogen and oxygen atoms in total. The van der Waals surface area contributed by atoms with Crippen LogP contribution in [0.5, 0.6) is 0 Å². The summed E-state index contributed by atoms with van der Waals surface area (Å²) in [7, 11) is 0. The van der Waals surface area contributed by atoms with Gasteiger partial charge in [0, 0.05) is 30.3 Å². The van der Waals surface area contributed by atoms with E-state index in [0.717, 1.165) is 5.56 Å². The lowest BCUT2D eigenvalue weighted by Crippen LogP contribution is -2.53. The van der Waals surface area contributed by atoms with Gasteiger partial charge in [0.2, 0.25) is 5.91 Å². The lowest BCUT2D eigenvalue weighted by Gasteiger charge is -2.37. The van der Waals surface area contributed by atoms with Gasteiger partial charge in [-0.25, -0.2) is 0 Å². The fourth-order valence-corrected chi connectivity index (χ4v) is 2.98. The molecule has 0 radical (unpaired) electrons. The van der Waals surface area contributed by atoms with Crippen LogP contribution in [0.25, 0.3) is 0 Å². The summed E-state index contributed by atoms with van der Waals surface area (Å²) in [5.74, 6) is -0.0163. The average Bonchev–Trinajstić information content (AvgIpc) is 2.45. The van der Waals surface area contributed by atoms with Gasteiger partial charge in [0.1, 0.15) is 0 Å². The molecule has 0 unspecified atom stereocenters. The van der Waals surface area contributed by atoms with Gasteiger partial charge in [0.15, 0.2) is 0 Å². The summed E-state index contributed by atoms with van der Waals surface area (Å²) in [5.41, 5.74) is 5.77. The number of halogens is 2. The van der Waals surface area contributed by atoms with Crippen LogP contribution < -0.4 is 11.1 Å². The van der Waals surface area contributed by atoms with Crippen LogP contribution in [-0.4, -0.2) is 31.2 Å². The molecule has 1 aromatic carbocycles. The molecule has 1 heterocycles.